The maximum Gasteiger partial charge on any atom is 0.0890 e. The summed E-state index contributed by atoms with van der Waals surface area (Å²) in [5, 5.41) is 10.1. The third-order valence-corrected chi connectivity index (χ3v) is 2.95. The smallest absolute Gasteiger partial charge is 0.0890 e. The molecule has 96 valence electrons. The molecule has 0 aliphatic carbocycles. The van der Waals surface area contributed by atoms with Crippen LogP contribution < -0.4 is 0 Å². The third kappa shape index (κ3) is 3.24. The van der Waals surface area contributed by atoms with Crippen molar-refractivity contribution in [2.45, 2.75) is 25.4 Å². The van der Waals surface area contributed by atoms with Crippen LogP contribution in [0.5, 0.6) is 0 Å². The first-order valence-corrected chi connectivity index (χ1v) is 6.19. The van der Waals surface area contributed by atoms with Crippen molar-refractivity contribution in [2.75, 3.05) is 13.7 Å². The predicted molar refractivity (Wildman–Crippen MR) is 70.2 cm³/mol. The van der Waals surface area contributed by atoms with E-state index in [0.29, 0.717) is 0 Å². The van der Waals surface area contributed by atoms with E-state index in [-0.39, 0.29) is 0 Å². The average Bonchev–Trinajstić information content (AvgIpc) is 2.43. The standard InChI is InChI=1S/C14H18N2O2/c1-18-9-3-2-4-14(17)11-5-6-12-13(10-11)16-8-7-15-12/h5-8,10,14,17H,2-4,9H2,1H3. The number of ether oxygens (including phenoxy) is 1. The van der Waals surface area contributed by atoms with Crippen LogP contribution in [0.15, 0.2) is 30.6 Å². The van der Waals surface area contributed by atoms with Crippen molar-refractivity contribution in [1.29, 1.82) is 0 Å². The Hall–Kier alpha value is -1.52. The molecule has 0 saturated carbocycles. The molecule has 0 fully saturated rings. The fourth-order valence-corrected chi connectivity index (χ4v) is 1.94. The topological polar surface area (TPSA) is 55.2 Å². The highest BCUT2D eigenvalue weighted by Gasteiger charge is 2.08. The van der Waals surface area contributed by atoms with Crippen LogP contribution in [0.3, 0.4) is 0 Å². The molecule has 0 aliphatic rings. The second-order valence-electron chi connectivity index (χ2n) is 4.31. The molecule has 2 aromatic rings. The maximum atomic E-state index is 10.1. The van der Waals surface area contributed by atoms with E-state index in [1.54, 1.807) is 19.5 Å². The van der Waals surface area contributed by atoms with E-state index in [2.05, 4.69) is 9.97 Å². The number of fused-ring (bicyclic) bond motifs is 1. The van der Waals surface area contributed by atoms with Crippen LogP contribution in [0.4, 0.5) is 0 Å². The Kier molecular flexibility index (Phi) is 4.61. The van der Waals surface area contributed by atoms with Gasteiger partial charge in [0, 0.05) is 26.1 Å². The van der Waals surface area contributed by atoms with Crippen LogP contribution in [0.1, 0.15) is 30.9 Å². The quantitative estimate of drug-likeness (QED) is 0.795. The zero-order valence-electron chi connectivity index (χ0n) is 10.5. The number of hydrogen-bond donors (Lipinski definition) is 1. The fourth-order valence-electron chi connectivity index (χ4n) is 1.94. The lowest BCUT2D eigenvalue weighted by molar-refractivity contribution is 0.151. The molecule has 1 aromatic heterocycles. The number of methoxy groups -OCH3 is 1. The van der Waals surface area contributed by atoms with Crippen LogP contribution >= 0.6 is 0 Å². The Morgan fingerprint density at radius 1 is 1.17 bits per heavy atom. The van der Waals surface area contributed by atoms with Crippen LogP contribution in [0.25, 0.3) is 11.0 Å². The van der Waals surface area contributed by atoms with Gasteiger partial charge in [0.1, 0.15) is 0 Å². The van der Waals surface area contributed by atoms with E-state index < -0.39 is 6.10 Å². The molecule has 1 aromatic carbocycles. The number of aliphatic hydroxyl groups is 1. The van der Waals surface area contributed by atoms with Gasteiger partial charge in [-0.05, 0) is 37.0 Å². The summed E-state index contributed by atoms with van der Waals surface area (Å²) in [6, 6.07) is 5.72. The summed E-state index contributed by atoms with van der Waals surface area (Å²) in [5.74, 6) is 0. The second-order valence-corrected chi connectivity index (χ2v) is 4.31. The molecular weight excluding hydrogens is 228 g/mol. The summed E-state index contributed by atoms with van der Waals surface area (Å²) in [6.45, 7) is 0.746. The van der Waals surface area contributed by atoms with Gasteiger partial charge in [-0.2, -0.15) is 0 Å². The summed E-state index contributed by atoms with van der Waals surface area (Å²) in [5.41, 5.74) is 2.58. The van der Waals surface area contributed by atoms with Gasteiger partial charge in [0.2, 0.25) is 0 Å². The highest BCUT2D eigenvalue weighted by Crippen LogP contribution is 2.21. The van der Waals surface area contributed by atoms with Crippen molar-refractivity contribution in [3.63, 3.8) is 0 Å². The number of aromatic nitrogens is 2. The first kappa shape index (κ1) is 12.9. The largest absolute Gasteiger partial charge is 0.388 e. The van der Waals surface area contributed by atoms with E-state index in [1.165, 1.54) is 0 Å². The number of aliphatic hydroxyl groups excluding tert-OH is 1. The first-order valence-electron chi connectivity index (χ1n) is 6.19. The van der Waals surface area contributed by atoms with Crippen LogP contribution in [0.2, 0.25) is 0 Å². The normalized spacial score (nSPS) is 12.8. The molecule has 0 amide bonds. The minimum Gasteiger partial charge on any atom is -0.388 e. The molecule has 0 bridgehead atoms. The number of nitrogens with zero attached hydrogens (tertiary/aromatic N) is 2. The van der Waals surface area contributed by atoms with Crippen molar-refractivity contribution in [2.24, 2.45) is 0 Å². The molecule has 1 atom stereocenters. The third-order valence-electron chi connectivity index (χ3n) is 2.95. The molecule has 4 heteroatoms. The van der Waals surface area contributed by atoms with Crippen molar-refractivity contribution >= 4 is 11.0 Å². The zero-order valence-corrected chi connectivity index (χ0v) is 10.5. The summed E-state index contributed by atoms with van der Waals surface area (Å²) < 4.78 is 4.99. The molecule has 1 heterocycles. The average molecular weight is 246 g/mol. The Balaban J connectivity index is 2.01. The fraction of sp³-hybridized carbons (Fsp3) is 0.429. The van der Waals surface area contributed by atoms with Gasteiger partial charge in [-0.25, -0.2) is 0 Å². The molecule has 0 saturated heterocycles. The number of unbranched alkanes of at least 4 members (excludes halogenated alkanes) is 1. The monoisotopic (exact) mass is 246 g/mol. The second kappa shape index (κ2) is 6.42. The molecule has 0 spiro atoms. The zero-order chi connectivity index (χ0) is 12.8. The van der Waals surface area contributed by atoms with Crippen molar-refractivity contribution in [1.82, 2.24) is 9.97 Å². The first-order chi connectivity index (χ1) is 8.81. The molecule has 0 aliphatic heterocycles. The van der Waals surface area contributed by atoms with Crippen molar-refractivity contribution in [3.05, 3.63) is 36.2 Å². The molecule has 1 unspecified atom stereocenters. The Morgan fingerprint density at radius 2 is 1.94 bits per heavy atom. The highest BCUT2D eigenvalue weighted by molar-refractivity contribution is 5.74. The van der Waals surface area contributed by atoms with E-state index in [4.69, 9.17) is 4.74 Å². The van der Waals surface area contributed by atoms with E-state index >= 15 is 0 Å². The Labute approximate surface area is 107 Å². The molecule has 0 radical (unpaired) electrons. The number of hydrogen-bond acceptors (Lipinski definition) is 4. The lowest BCUT2D eigenvalue weighted by Gasteiger charge is -2.11. The van der Waals surface area contributed by atoms with E-state index in [0.717, 1.165) is 42.5 Å². The van der Waals surface area contributed by atoms with Gasteiger partial charge in [0.05, 0.1) is 17.1 Å². The van der Waals surface area contributed by atoms with Crippen LogP contribution in [0, 0.1) is 0 Å². The van der Waals surface area contributed by atoms with Crippen LogP contribution in [-0.2, 0) is 4.74 Å². The van der Waals surface area contributed by atoms with Gasteiger partial charge in [-0.3, -0.25) is 9.97 Å². The SMILES string of the molecule is COCCCCC(O)c1ccc2nccnc2c1. The molecule has 18 heavy (non-hydrogen) atoms. The minimum atomic E-state index is -0.437. The van der Waals surface area contributed by atoms with Crippen LogP contribution in [-0.4, -0.2) is 28.8 Å². The minimum absolute atomic E-state index is 0.437. The summed E-state index contributed by atoms with van der Waals surface area (Å²) in [4.78, 5) is 8.45. The van der Waals surface area contributed by atoms with E-state index in [9.17, 15) is 5.11 Å². The molecule has 1 N–H and O–H groups in total. The summed E-state index contributed by atoms with van der Waals surface area (Å²) in [6.07, 6.45) is 5.57. The lowest BCUT2D eigenvalue weighted by atomic mass is 10.0. The molecule has 4 nitrogen and oxygen atoms in total. The van der Waals surface area contributed by atoms with Crippen molar-refractivity contribution < 1.29 is 9.84 Å². The Bertz CT molecular complexity index is 502. The summed E-state index contributed by atoms with van der Waals surface area (Å²) >= 11 is 0. The van der Waals surface area contributed by atoms with Gasteiger partial charge < -0.3 is 9.84 Å². The number of rotatable bonds is 6. The van der Waals surface area contributed by atoms with Gasteiger partial charge in [-0.1, -0.05) is 6.07 Å². The molecular formula is C14H18N2O2. The van der Waals surface area contributed by atoms with Gasteiger partial charge in [0.15, 0.2) is 0 Å². The maximum absolute atomic E-state index is 10.1. The van der Waals surface area contributed by atoms with Gasteiger partial charge >= 0.3 is 0 Å². The Morgan fingerprint density at radius 3 is 2.72 bits per heavy atom. The van der Waals surface area contributed by atoms with Gasteiger partial charge in [-0.15, -0.1) is 0 Å². The lowest BCUT2D eigenvalue weighted by Crippen LogP contribution is -1.99. The molecule has 2 rings (SSSR count). The van der Waals surface area contributed by atoms with Crippen molar-refractivity contribution in [3.8, 4) is 0 Å². The highest BCUT2D eigenvalue weighted by atomic mass is 16.5. The summed E-state index contributed by atoms with van der Waals surface area (Å²) in [7, 11) is 1.69. The van der Waals surface area contributed by atoms with Gasteiger partial charge in [0.25, 0.3) is 0 Å². The van der Waals surface area contributed by atoms with E-state index in [1.807, 2.05) is 18.2 Å². The predicted octanol–water partition coefficient (Wildman–Crippen LogP) is 2.48. The number of benzene rings is 1.